The van der Waals surface area contributed by atoms with Crippen molar-refractivity contribution in [1.82, 2.24) is 106 Å². The highest BCUT2D eigenvalue weighted by Gasteiger charge is 2.30. The maximum Gasteiger partial charge on any atom is 0.422 e. The number of rotatable bonds is 32. The third-order valence-electron chi connectivity index (χ3n) is 22.9. The summed E-state index contributed by atoms with van der Waals surface area (Å²) in [5, 5.41) is 40.6. The summed E-state index contributed by atoms with van der Waals surface area (Å²) in [6.45, 7) is 17.5. The van der Waals surface area contributed by atoms with Gasteiger partial charge in [0.25, 0.3) is 23.6 Å². The largest absolute Gasteiger partial charge is 0.454 e. The Morgan fingerprint density at radius 1 is 0.355 bits per heavy atom. The Morgan fingerprint density at radius 3 is 0.943 bits per heavy atom. The number of alkyl halides is 3. The molecule has 0 bridgehead atoms. The van der Waals surface area contributed by atoms with Crippen LogP contribution >= 0.6 is 54.0 Å². The number of aromatic nitrogens is 17. The van der Waals surface area contributed by atoms with Gasteiger partial charge in [0, 0.05) is 214 Å². The quantitative estimate of drug-likeness (QED) is 0.0187. The van der Waals surface area contributed by atoms with Crippen molar-refractivity contribution in [3.63, 3.8) is 0 Å². The Hall–Kier alpha value is -14.8. The zero-order chi connectivity index (χ0) is 97.1. The maximum atomic E-state index is 12.3. The van der Waals surface area contributed by atoms with Gasteiger partial charge in [0.05, 0.1) is 78.9 Å². The van der Waals surface area contributed by atoms with Crippen LogP contribution in [0.15, 0.2) is 239 Å². The SMILES string of the molecule is CCC(CC)Nc1ccc(-c2cc(NC[C@@H](C)c3cccc4c(C(=O)NC)ccnc34)ncn2)cn1.CCc1ccc(-c2cc(NC[C@@H](C)c3cccc4c(C(=O)NC)ccnc34)ncn2)cn1.CNC(=O)c1ccnc2c([C@H](C)CNc3cc(-c4ccc(C(C)O)nc4)ncn3)cccc12.CNC(=O)c1ccnc2c([C@H](C)CNc3cc(-c4cnc(OCC(F)(F)F)nc4)ncn3)cccc12.S.S.S.S. The summed E-state index contributed by atoms with van der Waals surface area (Å²) in [6, 6.07) is 49.7. The molecule has 5 atom stereocenters. The van der Waals surface area contributed by atoms with Crippen molar-refractivity contribution in [3.8, 4) is 51.0 Å². The Bertz CT molecular complexity index is 6850. The molecule has 12 aromatic heterocycles. The predicted molar refractivity (Wildman–Crippen MR) is 568 cm³/mol. The molecular formula is C102H115F3N26O6S4. The topological polar surface area (TPSA) is 425 Å². The molecule has 0 fully saturated rings. The zero-order valence-electron chi connectivity index (χ0n) is 79.9. The van der Waals surface area contributed by atoms with E-state index in [9.17, 15) is 37.5 Å². The van der Waals surface area contributed by atoms with E-state index in [0.29, 0.717) is 83.1 Å². The second-order valence-corrected chi connectivity index (χ2v) is 32.3. The van der Waals surface area contributed by atoms with E-state index in [1.165, 1.54) is 25.0 Å². The van der Waals surface area contributed by atoms with E-state index in [-0.39, 0.29) is 107 Å². The number of nitrogens with one attached hydrogen (secondary N) is 9. The molecular weight excluding hydrogens is 1870 g/mol. The number of anilines is 5. The smallest absolute Gasteiger partial charge is 0.422 e. The van der Waals surface area contributed by atoms with Gasteiger partial charge in [-0.3, -0.25) is 49.1 Å². The van der Waals surface area contributed by atoms with Crippen LogP contribution in [-0.4, -0.2) is 187 Å². The summed E-state index contributed by atoms with van der Waals surface area (Å²) < 4.78 is 41.4. The molecule has 4 amide bonds. The van der Waals surface area contributed by atoms with Crippen LogP contribution < -0.4 is 52.6 Å². The van der Waals surface area contributed by atoms with Crippen molar-refractivity contribution in [1.29, 1.82) is 0 Å². The number of ether oxygens (including phenoxy) is 1. The highest BCUT2D eigenvalue weighted by atomic mass is 32.1. The summed E-state index contributed by atoms with van der Waals surface area (Å²) in [7, 11) is 6.48. The monoisotopic (exact) mass is 1980 g/mol. The van der Waals surface area contributed by atoms with Crippen molar-refractivity contribution in [2.75, 3.05) is 87.6 Å². The number of carbonyl (C=O) groups is 4. The van der Waals surface area contributed by atoms with E-state index >= 15 is 0 Å². The Balaban J connectivity index is 0.000000208. The first-order valence-electron chi connectivity index (χ1n) is 44.8. The summed E-state index contributed by atoms with van der Waals surface area (Å²) in [6.07, 6.45) is 18.7. The number of benzene rings is 4. The minimum atomic E-state index is -4.47. The fraction of sp³-hybridized carbons (Fsp3) is 0.265. The van der Waals surface area contributed by atoms with Crippen LogP contribution in [0.1, 0.15) is 173 Å². The molecule has 0 aliphatic carbocycles. The molecule has 32 nitrogen and oxygen atoms in total. The number of aliphatic hydroxyl groups is 1. The second-order valence-electron chi connectivity index (χ2n) is 32.3. The summed E-state index contributed by atoms with van der Waals surface area (Å²) in [4.78, 5) is 123. The third-order valence-corrected chi connectivity index (χ3v) is 22.9. The van der Waals surface area contributed by atoms with Crippen LogP contribution in [0.5, 0.6) is 6.01 Å². The lowest BCUT2D eigenvalue weighted by molar-refractivity contribution is -0.154. The van der Waals surface area contributed by atoms with Crippen LogP contribution in [0.3, 0.4) is 0 Å². The number of halogens is 3. The summed E-state index contributed by atoms with van der Waals surface area (Å²) in [5.74, 6) is 3.49. The number of para-hydroxylation sites is 4. The van der Waals surface area contributed by atoms with Gasteiger partial charge in [-0.2, -0.15) is 67.2 Å². The van der Waals surface area contributed by atoms with Crippen molar-refractivity contribution in [2.45, 2.75) is 117 Å². The Morgan fingerprint density at radius 2 is 0.667 bits per heavy atom. The number of carbonyl (C=O) groups excluding carboxylic acids is 4. The standard InChI is InChI=1S/C28H33N7O.C25H26N6O2.C25H26N6O.C24H22F3N7O2.4H2S/c1-5-20(6-2)35-25-11-10-19(16-32-25)24-14-26(34-17-33-24)31-15-18(3)21-8-7-9-22-23(28(36)29-4)12-13-30-27(21)22;1-15(18-5-4-6-19-20(25(33)26-3)9-10-27-24(18)19)12-29-23-11-22(30-14-31-23)17-7-8-21(16(2)32)28-13-17;1-4-18-9-8-17(14-28-18)22-12-23(31-15-30-22)29-13-16(2)19-6-5-7-20-21(25(32)26-3)10-11-27-24(19)20;1-14(16-4-3-5-17-18(22(35)28-2)6-7-29-21(16)17)9-30-20-8-19(33-13-34-20)15-10-31-23(32-11-15)36-12-24(25,26)27;;;;/h7-14,16-18,20H,5-6,15H2,1-4H3,(H,29,36)(H,32,35)(H,31,33,34);4-11,13-16,32H,12H2,1-3H3,(H,26,33)(H,29,30,31);5-12,14-16H,4,13H2,1-3H3,(H,26,32)(H,29,30,31);3-8,10-11,13-14H,9,12H2,1-2H3,(H,28,35)(H,30,33,34);4*1H2/t18-;15-,16?;16-;14-;;;;/m1111..../s1. The number of hydrogen-bond donors (Lipinski definition) is 10. The average molecular weight is 1990 g/mol. The zero-order valence-corrected chi connectivity index (χ0v) is 83.9. The lowest BCUT2D eigenvalue weighted by Crippen LogP contribution is -2.20. The maximum absolute atomic E-state index is 12.3. The van der Waals surface area contributed by atoms with Crippen molar-refractivity contribution < 1.29 is 42.2 Å². The number of amides is 4. The molecule has 16 rings (SSSR count). The van der Waals surface area contributed by atoms with Crippen LogP contribution in [0.4, 0.5) is 42.3 Å². The van der Waals surface area contributed by atoms with Crippen molar-refractivity contribution in [3.05, 3.63) is 295 Å². The van der Waals surface area contributed by atoms with Crippen LogP contribution in [0.2, 0.25) is 0 Å². The molecule has 0 aliphatic rings. The highest BCUT2D eigenvalue weighted by Crippen LogP contribution is 2.34. The van der Waals surface area contributed by atoms with Gasteiger partial charge >= 0.3 is 12.2 Å². The van der Waals surface area contributed by atoms with Crippen LogP contribution in [-0.2, 0) is 6.42 Å². The number of pyridine rings is 7. The van der Waals surface area contributed by atoms with Gasteiger partial charge in [0.15, 0.2) is 6.61 Å². The molecule has 0 radical (unpaired) electrons. The first-order chi connectivity index (χ1) is 66.4. The lowest BCUT2D eigenvalue weighted by Gasteiger charge is -2.17. The van der Waals surface area contributed by atoms with Crippen LogP contribution in [0.25, 0.3) is 88.6 Å². The third kappa shape index (κ3) is 28.7. The molecule has 734 valence electrons. The second kappa shape index (κ2) is 52.8. The van der Waals surface area contributed by atoms with Gasteiger partial charge < -0.3 is 57.7 Å². The molecule has 0 saturated carbocycles. The first-order valence-corrected chi connectivity index (χ1v) is 44.8. The molecule has 0 aliphatic heterocycles. The number of hydrogen-bond acceptors (Lipinski definition) is 28. The van der Waals surface area contributed by atoms with Gasteiger partial charge in [-0.25, -0.2) is 54.8 Å². The van der Waals surface area contributed by atoms with E-state index < -0.39 is 18.9 Å². The lowest BCUT2D eigenvalue weighted by atomic mass is 9.96. The first kappa shape index (κ1) is 110. The fourth-order valence-corrected chi connectivity index (χ4v) is 15.2. The highest BCUT2D eigenvalue weighted by molar-refractivity contribution is 7.59. The minimum Gasteiger partial charge on any atom is -0.454 e. The van der Waals surface area contributed by atoms with E-state index in [2.05, 4.69) is 191 Å². The van der Waals surface area contributed by atoms with E-state index in [1.807, 2.05) is 129 Å². The van der Waals surface area contributed by atoms with Gasteiger partial charge in [0.1, 0.15) is 54.4 Å². The molecule has 0 spiro atoms. The van der Waals surface area contributed by atoms with Crippen LogP contribution in [0, 0.1) is 0 Å². The fourth-order valence-electron chi connectivity index (χ4n) is 15.2. The Kier molecular flexibility index (Phi) is 41.2. The molecule has 12 heterocycles. The minimum absolute atomic E-state index is 0. The number of aliphatic hydroxyl groups excluding tert-OH is 1. The molecule has 39 heteroatoms. The predicted octanol–water partition coefficient (Wildman–Crippen LogP) is 17.7. The summed E-state index contributed by atoms with van der Waals surface area (Å²) >= 11 is 0. The molecule has 141 heavy (non-hydrogen) atoms. The molecule has 10 N–H and O–H groups in total. The number of aryl methyl sites for hydroxylation is 1. The normalized spacial score (nSPS) is 11.9. The molecule has 16 aromatic rings. The number of nitrogens with zero attached hydrogens (tertiary/aromatic N) is 17. The van der Waals surface area contributed by atoms with E-state index in [4.69, 9.17) is 0 Å². The van der Waals surface area contributed by atoms with Crippen molar-refractivity contribution in [2.24, 2.45) is 0 Å². The summed E-state index contributed by atoms with van der Waals surface area (Å²) in [5.41, 5.74) is 17.6. The molecule has 0 saturated heterocycles. The average Bonchev–Trinajstić information content (AvgIpc) is 0.796. The molecule has 1 unspecified atom stereocenters. The Labute approximate surface area is 843 Å². The number of fused-ring (bicyclic) bond motifs is 4. The van der Waals surface area contributed by atoms with E-state index in [0.717, 1.165) is 142 Å². The van der Waals surface area contributed by atoms with Gasteiger partial charge in [-0.05, 0) is 109 Å². The van der Waals surface area contributed by atoms with Crippen molar-refractivity contribution >= 4 is 150 Å². The molecule has 4 aromatic carbocycles. The van der Waals surface area contributed by atoms with Gasteiger partial charge in [-0.1, -0.05) is 121 Å². The van der Waals surface area contributed by atoms with E-state index in [1.54, 1.807) is 115 Å². The van der Waals surface area contributed by atoms with Gasteiger partial charge in [0.2, 0.25) is 0 Å². The van der Waals surface area contributed by atoms with Gasteiger partial charge in [-0.15, -0.1) is 0 Å².